The second-order valence-electron chi connectivity index (χ2n) is 5.55. The minimum atomic E-state index is -1.01. The van der Waals surface area contributed by atoms with Gasteiger partial charge in [0.25, 0.3) is 5.91 Å². The lowest BCUT2D eigenvalue weighted by atomic mass is 10.0. The smallest absolute Gasteiger partial charge is 0.326 e. The van der Waals surface area contributed by atoms with E-state index < -0.39 is 23.7 Å². The van der Waals surface area contributed by atoms with Crippen molar-refractivity contribution >= 4 is 22.8 Å². The molecule has 1 aliphatic rings. The Morgan fingerprint density at radius 2 is 2.14 bits per heavy atom. The molecule has 1 fully saturated rings. The highest BCUT2D eigenvalue weighted by Crippen LogP contribution is 2.29. The summed E-state index contributed by atoms with van der Waals surface area (Å²) in [6.07, 6.45) is 1.99. The second-order valence-corrected chi connectivity index (χ2v) is 5.55. The first kappa shape index (κ1) is 14.6. The Morgan fingerprint density at radius 1 is 1.36 bits per heavy atom. The number of piperidine rings is 1. The molecule has 22 heavy (non-hydrogen) atoms. The van der Waals surface area contributed by atoms with Gasteiger partial charge in [-0.25, -0.2) is 9.18 Å². The number of halogens is 1. The SMILES string of the molecule is Cc1c(C(=O)N2CCCC[C@@H]2C(=O)O)oc2ccc(F)cc12. The number of aliphatic carboxylic acids is 1. The van der Waals surface area contributed by atoms with Crippen LogP contribution in [-0.2, 0) is 4.79 Å². The topological polar surface area (TPSA) is 70.8 Å². The van der Waals surface area contributed by atoms with Crippen LogP contribution in [0.1, 0.15) is 35.4 Å². The molecule has 1 atom stereocenters. The Bertz CT molecular complexity index is 752. The molecule has 1 amide bonds. The maximum absolute atomic E-state index is 13.3. The molecule has 1 aromatic heterocycles. The molecule has 5 nitrogen and oxygen atoms in total. The fourth-order valence-electron chi connectivity index (χ4n) is 2.96. The first-order chi connectivity index (χ1) is 10.5. The molecular weight excluding hydrogens is 289 g/mol. The number of aryl methyl sites for hydroxylation is 1. The van der Waals surface area contributed by atoms with Crippen LogP contribution in [0.15, 0.2) is 22.6 Å². The summed E-state index contributed by atoms with van der Waals surface area (Å²) in [5.41, 5.74) is 0.959. The molecule has 0 spiro atoms. The van der Waals surface area contributed by atoms with Gasteiger partial charge in [0.05, 0.1) is 0 Å². The molecule has 2 heterocycles. The van der Waals surface area contributed by atoms with Gasteiger partial charge >= 0.3 is 5.97 Å². The number of likely N-dealkylation sites (tertiary alicyclic amines) is 1. The number of fused-ring (bicyclic) bond motifs is 1. The molecule has 1 N–H and O–H groups in total. The lowest BCUT2D eigenvalue weighted by molar-refractivity contribution is -0.143. The molecule has 6 heteroatoms. The Morgan fingerprint density at radius 3 is 2.86 bits per heavy atom. The average Bonchev–Trinajstić information content (AvgIpc) is 2.83. The van der Waals surface area contributed by atoms with Gasteiger partial charge in [-0.15, -0.1) is 0 Å². The third-order valence-corrected chi connectivity index (χ3v) is 4.14. The van der Waals surface area contributed by atoms with Gasteiger partial charge in [0.1, 0.15) is 17.4 Å². The minimum absolute atomic E-state index is 0.0914. The number of carbonyl (C=O) groups excluding carboxylic acids is 1. The van der Waals surface area contributed by atoms with E-state index in [2.05, 4.69) is 0 Å². The molecule has 3 rings (SSSR count). The van der Waals surface area contributed by atoms with Crippen molar-refractivity contribution in [3.63, 3.8) is 0 Å². The van der Waals surface area contributed by atoms with Crippen molar-refractivity contribution in [2.24, 2.45) is 0 Å². The van der Waals surface area contributed by atoms with Gasteiger partial charge in [-0.3, -0.25) is 4.79 Å². The minimum Gasteiger partial charge on any atom is -0.480 e. The normalized spacial score (nSPS) is 18.6. The predicted molar refractivity (Wildman–Crippen MR) is 77.2 cm³/mol. The van der Waals surface area contributed by atoms with Gasteiger partial charge in [0, 0.05) is 17.5 Å². The monoisotopic (exact) mass is 305 g/mol. The van der Waals surface area contributed by atoms with Crippen LogP contribution in [0.3, 0.4) is 0 Å². The standard InChI is InChI=1S/C16H16FNO4/c1-9-11-8-10(17)5-6-13(11)22-14(9)15(19)18-7-3-2-4-12(18)16(20)21/h5-6,8,12H,2-4,7H2,1H3,(H,20,21)/t12-/m1/s1. The number of rotatable bonds is 2. The number of carbonyl (C=O) groups is 2. The van der Waals surface area contributed by atoms with E-state index in [0.717, 1.165) is 12.8 Å². The highest BCUT2D eigenvalue weighted by Gasteiger charge is 2.34. The summed E-state index contributed by atoms with van der Waals surface area (Å²) in [6, 6.07) is 3.22. The first-order valence-electron chi connectivity index (χ1n) is 7.21. The molecule has 2 aromatic rings. The van der Waals surface area contributed by atoms with E-state index in [1.165, 1.54) is 23.1 Å². The van der Waals surface area contributed by atoms with Crippen molar-refractivity contribution in [1.29, 1.82) is 0 Å². The maximum atomic E-state index is 13.3. The zero-order valence-corrected chi connectivity index (χ0v) is 12.1. The van der Waals surface area contributed by atoms with Crippen LogP contribution in [-0.4, -0.2) is 34.5 Å². The number of carboxylic acids is 1. The quantitative estimate of drug-likeness (QED) is 0.926. The van der Waals surface area contributed by atoms with E-state index in [1.807, 2.05) is 0 Å². The molecule has 0 unspecified atom stereocenters. The highest BCUT2D eigenvalue weighted by atomic mass is 19.1. The van der Waals surface area contributed by atoms with Crippen molar-refractivity contribution in [2.45, 2.75) is 32.2 Å². The van der Waals surface area contributed by atoms with Gasteiger partial charge in [-0.1, -0.05) is 0 Å². The lowest BCUT2D eigenvalue weighted by Crippen LogP contribution is -2.48. The number of hydrogen-bond acceptors (Lipinski definition) is 3. The van der Waals surface area contributed by atoms with E-state index >= 15 is 0 Å². The zero-order valence-electron chi connectivity index (χ0n) is 12.1. The summed E-state index contributed by atoms with van der Waals surface area (Å²) >= 11 is 0. The number of amides is 1. The number of furan rings is 1. The summed E-state index contributed by atoms with van der Waals surface area (Å²) in [5.74, 6) is -1.76. The lowest BCUT2D eigenvalue weighted by Gasteiger charge is -2.32. The van der Waals surface area contributed by atoms with Gasteiger partial charge < -0.3 is 14.4 Å². The van der Waals surface area contributed by atoms with Crippen molar-refractivity contribution in [3.05, 3.63) is 35.3 Å². The largest absolute Gasteiger partial charge is 0.480 e. The average molecular weight is 305 g/mol. The summed E-state index contributed by atoms with van der Waals surface area (Å²) in [7, 11) is 0. The second kappa shape index (κ2) is 5.44. The summed E-state index contributed by atoms with van der Waals surface area (Å²) in [6.45, 7) is 2.07. The van der Waals surface area contributed by atoms with E-state index in [4.69, 9.17) is 4.42 Å². The third-order valence-electron chi connectivity index (χ3n) is 4.14. The Balaban J connectivity index is 2.01. The van der Waals surface area contributed by atoms with Crippen LogP contribution < -0.4 is 0 Å². The summed E-state index contributed by atoms with van der Waals surface area (Å²) in [4.78, 5) is 25.3. The van der Waals surface area contributed by atoms with Crippen molar-refractivity contribution < 1.29 is 23.5 Å². The van der Waals surface area contributed by atoms with Gasteiger partial charge in [-0.05, 0) is 44.4 Å². The van der Waals surface area contributed by atoms with Gasteiger partial charge in [0.15, 0.2) is 5.76 Å². The van der Waals surface area contributed by atoms with E-state index in [0.29, 0.717) is 29.5 Å². The van der Waals surface area contributed by atoms with Crippen molar-refractivity contribution in [3.8, 4) is 0 Å². The van der Waals surface area contributed by atoms with E-state index in [1.54, 1.807) is 6.92 Å². The number of nitrogens with zero attached hydrogens (tertiary/aromatic N) is 1. The number of hydrogen-bond donors (Lipinski definition) is 1. The molecule has 0 aliphatic carbocycles. The summed E-state index contributed by atoms with van der Waals surface area (Å²) < 4.78 is 18.9. The number of carboxylic acid groups (broad SMARTS) is 1. The first-order valence-corrected chi connectivity index (χ1v) is 7.21. The van der Waals surface area contributed by atoms with Crippen LogP contribution >= 0.6 is 0 Å². The molecule has 0 radical (unpaired) electrons. The third kappa shape index (κ3) is 2.34. The zero-order chi connectivity index (χ0) is 15.9. The molecule has 1 aliphatic heterocycles. The van der Waals surface area contributed by atoms with Crippen molar-refractivity contribution in [1.82, 2.24) is 4.90 Å². The fourth-order valence-corrected chi connectivity index (χ4v) is 2.96. The molecule has 0 saturated carbocycles. The predicted octanol–water partition coefficient (Wildman–Crippen LogP) is 2.96. The Labute approximate surface area is 126 Å². The fraction of sp³-hybridized carbons (Fsp3) is 0.375. The Hall–Kier alpha value is -2.37. The van der Waals surface area contributed by atoms with Gasteiger partial charge in [-0.2, -0.15) is 0 Å². The molecule has 1 saturated heterocycles. The highest BCUT2D eigenvalue weighted by molar-refractivity contribution is 6.00. The van der Waals surface area contributed by atoms with Gasteiger partial charge in [0.2, 0.25) is 0 Å². The molecule has 0 bridgehead atoms. The van der Waals surface area contributed by atoms with Crippen LogP contribution in [0.5, 0.6) is 0 Å². The van der Waals surface area contributed by atoms with Crippen LogP contribution in [0.25, 0.3) is 11.0 Å². The van der Waals surface area contributed by atoms with Crippen LogP contribution in [0.4, 0.5) is 4.39 Å². The van der Waals surface area contributed by atoms with Crippen LogP contribution in [0, 0.1) is 12.7 Å². The van der Waals surface area contributed by atoms with E-state index in [9.17, 15) is 19.1 Å². The Kier molecular flexibility index (Phi) is 3.60. The van der Waals surface area contributed by atoms with Crippen molar-refractivity contribution in [2.75, 3.05) is 6.54 Å². The molecular formula is C16H16FNO4. The molecule has 116 valence electrons. The number of benzene rings is 1. The maximum Gasteiger partial charge on any atom is 0.326 e. The molecule has 1 aromatic carbocycles. The summed E-state index contributed by atoms with van der Waals surface area (Å²) in [5, 5.41) is 9.81. The van der Waals surface area contributed by atoms with Crippen LogP contribution in [0.2, 0.25) is 0 Å². The van der Waals surface area contributed by atoms with E-state index in [-0.39, 0.29) is 5.76 Å².